The van der Waals surface area contributed by atoms with Crippen LogP contribution >= 0.6 is 12.4 Å². The lowest BCUT2D eigenvalue weighted by Gasteiger charge is -2.22. The van der Waals surface area contributed by atoms with Crippen LogP contribution in [0, 0.1) is 0 Å². The lowest BCUT2D eigenvalue weighted by molar-refractivity contribution is 0.0932. The minimum Gasteiger partial charge on any atom is -0.489 e. The molecule has 1 amide bonds. The number of carbonyl (C=O) groups is 1. The smallest absolute Gasteiger partial charge is 0.256 e. The highest BCUT2D eigenvalue weighted by molar-refractivity contribution is 6.10. The monoisotopic (exact) mass is 515 g/mol. The molecule has 5 rings (SSSR count). The molecule has 0 radical (unpaired) electrons. The number of rotatable bonds is 9. The van der Waals surface area contributed by atoms with E-state index in [4.69, 9.17) is 9.72 Å². The van der Waals surface area contributed by atoms with Crippen molar-refractivity contribution in [2.24, 2.45) is 0 Å². The third-order valence-electron chi connectivity index (χ3n) is 6.89. The summed E-state index contributed by atoms with van der Waals surface area (Å²) in [5, 5.41) is 4.08. The lowest BCUT2D eigenvalue weighted by Crippen LogP contribution is -2.30. The van der Waals surface area contributed by atoms with Gasteiger partial charge in [0.05, 0.1) is 17.1 Å². The molecule has 1 fully saturated rings. The van der Waals surface area contributed by atoms with Gasteiger partial charge in [0.25, 0.3) is 5.91 Å². The first kappa shape index (κ1) is 26.6. The maximum atomic E-state index is 14.0. The number of likely N-dealkylation sites (tertiary alicyclic amines) is 1. The summed E-state index contributed by atoms with van der Waals surface area (Å²) < 4.78 is 6.47. The van der Waals surface area contributed by atoms with Gasteiger partial charge < -0.3 is 10.1 Å². The van der Waals surface area contributed by atoms with E-state index in [0.717, 1.165) is 48.1 Å². The van der Waals surface area contributed by atoms with Crippen LogP contribution in [0.4, 0.5) is 0 Å². The minimum atomic E-state index is -0.141. The molecule has 0 saturated carbocycles. The Morgan fingerprint density at radius 1 is 0.946 bits per heavy atom. The zero-order chi connectivity index (χ0) is 24.7. The quantitative estimate of drug-likeness (QED) is 0.270. The summed E-state index contributed by atoms with van der Waals surface area (Å²) in [6.45, 7) is 5.64. The van der Waals surface area contributed by atoms with Gasteiger partial charge in [-0.1, -0.05) is 85.8 Å². The van der Waals surface area contributed by atoms with Gasteiger partial charge in [0.1, 0.15) is 12.3 Å². The predicted molar refractivity (Wildman–Crippen MR) is 153 cm³/mol. The van der Waals surface area contributed by atoms with Crippen LogP contribution in [0.15, 0.2) is 84.9 Å². The second kappa shape index (κ2) is 12.7. The van der Waals surface area contributed by atoms with Gasteiger partial charge in [-0.25, -0.2) is 4.98 Å². The van der Waals surface area contributed by atoms with Crippen LogP contribution in [0.3, 0.4) is 0 Å². The summed E-state index contributed by atoms with van der Waals surface area (Å²) in [4.78, 5) is 21.4. The molecule has 1 N–H and O–H groups in total. The van der Waals surface area contributed by atoms with Crippen molar-refractivity contribution in [1.29, 1.82) is 0 Å². The van der Waals surface area contributed by atoms with Crippen LogP contribution in [0.5, 0.6) is 5.75 Å². The maximum Gasteiger partial charge on any atom is 0.256 e. The number of fused-ring (bicyclic) bond motifs is 1. The summed E-state index contributed by atoms with van der Waals surface area (Å²) in [5.41, 5.74) is 4.06. The normalized spacial score (nSPS) is 14.2. The van der Waals surface area contributed by atoms with Crippen molar-refractivity contribution < 1.29 is 9.53 Å². The number of carbonyl (C=O) groups excluding carboxylic acids is 1. The standard InChI is InChI=1S/C31H33N3O2.ClH/c1-2-26(23-13-5-3-6-14-23)33-31(35)28-25-17-9-10-18-27(25)32-29(24-15-7-4-8-16-24)30(28)36-22-21-34-19-11-12-20-34;/h3-10,13-18,26H,2,11-12,19-22H2,1H3,(H,33,35);1H/t26-;/m0./s1. The molecule has 6 heteroatoms. The fourth-order valence-corrected chi connectivity index (χ4v) is 4.97. The summed E-state index contributed by atoms with van der Waals surface area (Å²) in [5.74, 6) is 0.414. The third kappa shape index (κ3) is 6.12. The van der Waals surface area contributed by atoms with Gasteiger partial charge >= 0.3 is 0 Å². The number of hydrogen-bond acceptors (Lipinski definition) is 4. The van der Waals surface area contributed by atoms with E-state index in [1.165, 1.54) is 12.8 Å². The second-order valence-electron chi connectivity index (χ2n) is 9.29. The van der Waals surface area contributed by atoms with E-state index in [-0.39, 0.29) is 24.4 Å². The van der Waals surface area contributed by atoms with Gasteiger partial charge in [-0.15, -0.1) is 12.4 Å². The lowest BCUT2D eigenvalue weighted by atomic mass is 10.00. The number of halogens is 1. The van der Waals surface area contributed by atoms with Crippen molar-refractivity contribution in [1.82, 2.24) is 15.2 Å². The third-order valence-corrected chi connectivity index (χ3v) is 6.89. The summed E-state index contributed by atoms with van der Waals surface area (Å²) in [6, 6.07) is 27.9. The van der Waals surface area contributed by atoms with Gasteiger partial charge in [-0.05, 0) is 44.0 Å². The Morgan fingerprint density at radius 2 is 1.59 bits per heavy atom. The molecule has 0 unspecified atom stereocenters. The molecule has 5 nitrogen and oxygen atoms in total. The molecule has 1 atom stereocenters. The highest BCUT2D eigenvalue weighted by atomic mass is 35.5. The number of nitrogens with one attached hydrogen (secondary N) is 1. The van der Waals surface area contributed by atoms with Gasteiger partial charge in [0.15, 0.2) is 5.75 Å². The van der Waals surface area contributed by atoms with Crippen LogP contribution < -0.4 is 10.1 Å². The Labute approximate surface area is 225 Å². The average molecular weight is 516 g/mol. The topological polar surface area (TPSA) is 54.5 Å². The SMILES string of the molecule is CC[C@H](NC(=O)c1c(OCCN2CCCC2)c(-c2ccccc2)nc2ccccc12)c1ccccc1.Cl. The zero-order valence-electron chi connectivity index (χ0n) is 21.2. The first-order valence-corrected chi connectivity index (χ1v) is 12.9. The highest BCUT2D eigenvalue weighted by Gasteiger charge is 2.25. The highest BCUT2D eigenvalue weighted by Crippen LogP contribution is 2.37. The number of benzene rings is 3. The first-order valence-electron chi connectivity index (χ1n) is 12.9. The van der Waals surface area contributed by atoms with Gasteiger partial charge in [-0.3, -0.25) is 9.69 Å². The molecule has 1 aliphatic heterocycles. The molecule has 0 spiro atoms. The fourth-order valence-electron chi connectivity index (χ4n) is 4.97. The Morgan fingerprint density at radius 3 is 2.30 bits per heavy atom. The predicted octanol–water partition coefficient (Wildman–Crippen LogP) is 6.68. The van der Waals surface area contributed by atoms with E-state index in [2.05, 4.69) is 29.3 Å². The molecule has 0 bridgehead atoms. The molecule has 2 heterocycles. The van der Waals surface area contributed by atoms with E-state index in [1.807, 2.05) is 72.8 Å². The van der Waals surface area contributed by atoms with E-state index in [9.17, 15) is 4.79 Å². The molecule has 4 aromatic rings. The zero-order valence-corrected chi connectivity index (χ0v) is 22.0. The maximum absolute atomic E-state index is 14.0. The second-order valence-corrected chi connectivity index (χ2v) is 9.29. The minimum absolute atomic E-state index is 0. The molecule has 37 heavy (non-hydrogen) atoms. The van der Waals surface area contributed by atoms with Crippen molar-refractivity contribution >= 4 is 29.2 Å². The largest absolute Gasteiger partial charge is 0.489 e. The molecule has 1 aromatic heterocycles. The van der Waals surface area contributed by atoms with Crippen molar-refractivity contribution in [3.8, 4) is 17.0 Å². The fraction of sp³-hybridized carbons (Fsp3) is 0.290. The summed E-state index contributed by atoms with van der Waals surface area (Å²) in [6.07, 6.45) is 3.26. The number of para-hydroxylation sites is 1. The molecule has 192 valence electrons. The molecule has 1 aliphatic rings. The van der Waals surface area contributed by atoms with Gasteiger partial charge in [0.2, 0.25) is 0 Å². The van der Waals surface area contributed by atoms with Crippen LogP contribution in [-0.4, -0.2) is 42.0 Å². The van der Waals surface area contributed by atoms with E-state index in [1.54, 1.807) is 0 Å². The number of amides is 1. The Balaban J connectivity index is 0.00000320. The van der Waals surface area contributed by atoms with Crippen molar-refractivity contribution in [2.45, 2.75) is 32.2 Å². The van der Waals surface area contributed by atoms with Gasteiger partial charge in [-0.2, -0.15) is 0 Å². The Hall–Kier alpha value is -3.41. The van der Waals surface area contributed by atoms with E-state index < -0.39 is 0 Å². The number of hydrogen-bond donors (Lipinski definition) is 1. The van der Waals surface area contributed by atoms with Crippen molar-refractivity contribution in [2.75, 3.05) is 26.2 Å². The first-order chi connectivity index (χ1) is 17.7. The van der Waals surface area contributed by atoms with Crippen LogP contribution in [0.2, 0.25) is 0 Å². The molecular formula is C31H34ClN3O2. The molecule has 3 aromatic carbocycles. The Bertz CT molecular complexity index is 1310. The Kier molecular flexibility index (Phi) is 9.15. The van der Waals surface area contributed by atoms with Gasteiger partial charge in [0, 0.05) is 17.5 Å². The van der Waals surface area contributed by atoms with Crippen LogP contribution in [0.1, 0.15) is 48.1 Å². The van der Waals surface area contributed by atoms with Crippen molar-refractivity contribution in [3.05, 3.63) is 96.1 Å². The number of nitrogens with zero attached hydrogens (tertiary/aromatic N) is 2. The van der Waals surface area contributed by atoms with Crippen LogP contribution in [0.25, 0.3) is 22.2 Å². The number of ether oxygens (including phenoxy) is 1. The molecular weight excluding hydrogens is 482 g/mol. The van der Waals surface area contributed by atoms with E-state index >= 15 is 0 Å². The number of pyridine rings is 1. The summed E-state index contributed by atoms with van der Waals surface area (Å²) in [7, 11) is 0. The van der Waals surface area contributed by atoms with Crippen molar-refractivity contribution in [3.63, 3.8) is 0 Å². The number of aromatic nitrogens is 1. The molecule has 0 aliphatic carbocycles. The van der Waals surface area contributed by atoms with E-state index in [0.29, 0.717) is 23.6 Å². The average Bonchev–Trinajstić information content (AvgIpc) is 3.45. The summed E-state index contributed by atoms with van der Waals surface area (Å²) >= 11 is 0. The van der Waals surface area contributed by atoms with Crippen LogP contribution in [-0.2, 0) is 0 Å². The molecule has 1 saturated heterocycles.